The summed E-state index contributed by atoms with van der Waals surface area (Å²) < 4.78 is 4.82. The Balaban J connectivity index is 1.64. The number of nitrogens with zero attached hydrogens (tertiary/aromatic N) is 1. The highest BCUT2D eigenvalue weighted by molar-refractivity contribution is 7.98. The number of carbonyl (C=O) groups excluding carboxylic acids is 3. The van der Waals surface area contributed by atoms with Gasteiger partial charge in [0.25, 0.3) is 0 Å². The number of ether oxygens (including phenoxy) is 1. The molecule has 1 aliphatic rings. The van der Waals surface area contributed by atoms with Gasteiger partial charge in [0.05, 0.1) is 18.9 Å². The van der Waals surface area contributed by atoms with Gasteiger partial charge in [-0.3, -0.25) is 9.59 Å². The van der Waals surface area contributed by atoms with Crippen molar-refractivity contribution in [3.05, 3.63) is 45.8 Å². The van der Waals surface area contributed by atoms with Gasteiger partial charge < -0.3 is 10.1 Å². The molecule has 28 heavy (non-hydrogen) atoms. The van der Waals surface area contributed by atoms with Gasteiger partial charge in [0.15, 0.2) is 0 Å². The summed E-state index contributed by atoms with van der Waals surface area (Å²) in [7, 11) is 1.29. The van der Waals surface area contributed by atoms with Gasteiger partial charge >= 0.3 is 17.8 Å². The van der Waals surface area contributed by atoms with Crippen LogP contribution in [0.1, 0.15) is 32.8 Å². The molecule has 1 aliphatic carbocycles. The number of rotatable bonds is 5. The molecule has 0 spiro atoms. The van der Waals surface area contributed by atoms with Crippen LogP contribution in [0.25, 0.3) is 0 Å². The van der Waals surface area contributed by atoms with E-state index in [-0.39, 0.29) is 0 Å². The Morgan fingerprint density at radius 3 is 2.61 bits per heavy atom. The van der Waals surface area contributed by atoms with Gasteiger partial charge in [0.1, 0.15) is 5.00 Å². The van der Waals surface area contributed by atoms with Crippen LogP contribution in [0, 0.1) is 0 Å². The fourth-order valence-electron chi connectivity index (χ4n) is 2.88. The fraction of sp³-hybridized carbons (Fsp3) is 0.263. The third-order valence-corrected chi connectivity index (χ3v) is 6.19. The largest absolute Gasteiger partial charge is 0.465 e. The first-order valence-electron chi connectivity index (χ1n) is 8.54. The van der Waals surface area contributed by atoms with Crippen molar-refractivity contribution in [1.82, 2.24) is 5.43 Å². The average Bonchev–Trinajstić information content (AvgIpc) is 3.28. The number of methoxy groups -OCH3 is 1. The van der Waals surface area contributed by atoms with E-state index in [0.29, 0.717) is 10.6 Å². The maximum Gasteiger partial charge on any atom is 0.341 e. The van der Waals surface area contributed by atoms with Crippen LogP contribution in [0.5, 0.6) is 0 Å². The van der Waals surface area contributed by atoms with Crippen molar-refractivity contribution in [2.45, 2.75) is 24.2 Å². The first-order chi connectivity index (χ1) is 13.5. The quantitative estimate of drug-likeness (QED) is 0.256. The normalized spacial score (nSPS) is 12.6. The topological polar surface area (TPSA) is 96.9 Å². The Kier molecular flexibility index (Phi) is 6.48. The van der Waals surface area contributed by atoms with Gasteiger partial charge in [-0.05, 0) is 48.8 Å². The molecular formula is C19H19N3O4S2. The number of hydrazone groups is 1. The minimum Gasteiger partial charge on any atom is -0.465 e. The van der Waals surface area contributed by atoms with E-state index in [4.69, 9.17) is 4.74 Å². The molecule has 2 N–H and O–H groups in total. The molecule has 7 nitrogen and oxygen atoms in total. The van der Waals surface area contributed by atoms with Crippen LogP contribution in [0.2, 0.25) is 0 Å². The van der Waals surface area contributed by atoms with E-state index in [1.54, 1.807) is 11.8 Å². The number of carbonyl (C=O) groups is 3. The van der Waals surface area contributed by atoms with Gasteiger partial charge in [-0.15, -0.1) is 23.1 Å². The molecular weight excluding hydrogens is 398 g/mol. The molecule has 0 unspecified atom stereocenters. The predicted octanol–water partition coefficient (Wildman–Crippen LogP) is 2.83. The summed E-state index contributed by atoms with van der Waals surface area (Å²) in [6.45, 7) is 0. The molecule has 3 rings (SSSR count). The van der Waals surface area contributed by atoms with E-state index in [1.807, 2.05) is 30.5 Å². The Bertz CT molecular complexity index is 935. The first kappa shape index (κ1) is 20.1. The third-order valence-electron chi connectivity index (χ3n) is 4.24. The number of fused-ring (bicyclic) bond motifs is 1. The van der Waals surface area contributed by atoms with Gasteiger partial charge in [0.2, 0.25) is 0 Å². The molecule has 0 aliphatic heterocycles. The lowest BCUT2D eigenvalue weighted by Gasteiger charge is -2.06. The zero-order valence-electron chi connectivity index (χ0n) is 15.4. The summed E-state index contributed by atoms with van der Waals surface area (Å²) in [5.74, 6) is -2.32. The second-order valence-electron chi connectivity index (χ2n) is 5.98. The van der Waals surface area contributed by atoms with Crippen molar-refractivity contribution in [3.8, 4) is 0 Å². The molecule has 1 heterocycles. The molecule has 0 fully saturated rings. The molecule has 1 aromatic heterocycles. The summed E-state index contributed by atoms with van der Waals surface area (Å²) in [6, 6.07) is 7.59. The number of amides is 2. The van der Waals surface area contributed by atoms with Crippen molar-refractivity contribution < 1.29 is 19.1 Å². The van der Waals surface area contributed by atoms with Crippen LogP contribution in [-0.4, -0.2) is 37.4 Å². The molecule has 0 bridgehead atoms. The predicted molar refractivity (Wildman–Crippen MR) is 110 cm³/mol. The molecule has 0 saturated heterocycles. The molecule has 2 amide bonds. The maximum atomic E-state index is 12.2. The number of hydrogen-bond donors (Lipinski definition) is 2. The molecule has 2 aromatic rings. The minimum absolute atomic E-state index is 0.341. The lowest BCUT2D eigenvalue weighted by molar-refractivity contribution is -0.136. The zero-order valence-corrected chi connectivity index (χ0v) is 17.0. The van der Waals surface area contributed by atoms with Crippen LogP contribution in [0.3, 0.4) is 0 Å². The zero-order chi connectivity index (χ0) is 20.1. The van der Waals surface area contributed by atoms with Crippen LogP contribution in [0.15, 0.2) is 34.3 Å². The van der Waals surface area contributed by atoms with E-state index in [9.17, 15) is 14.4 Å². The molecule has 0 saturated carbocycles. The van der Waals surface area contributed by atoms with Crippen molar-refractivity contribution in [2.24, 2.45) is 5.10 Å². The van der Waals surface area contributed by atoms with Gasteiger partial charge in [-0.2, -0.15) is 5.10 Å². The summed E-state index contributed by atoms with van der Waals surface area (Å²) >= 11 is 2.93. The Labute approximate surface area is 170 Å². The minimum atomic E-state index is -0.915. The number of thiophene rings is 1. The lowest BCUT2D eigenvalue weighted by atomic mass is 10.1. The summed E-state index contributed by atoms with van der Waals surface area (Å²) in [6.07, 6.45) is 6.01. The molecule has 0 radical (unpaired) electrons. The number of anilines is 1. The smallest absolute Gasteiger partial charge is 0.341 e. The van der Waals surface area contributed by atoms with E-state index >= 15 is 0 Å². The van der Waals surface area contributed by atoms with E-state index in [1.165, 1.54) is 24.7 Å². The monoisotopic (exact) mass is 417 g/mol. The van der Waals surface area contributed by atoms with Crippen molar-refractivity contribution >= 4 is 52.1 Å². The Morgan fingerprint density at radius 1 is 1.18 bits per heavy atom. The number of hydrogen-bond acceptors (Lipinski definition) is 7. The summed E-state index contributed by atoms with van der Waals surface area (Å²) in [5.41, 5.74) is 4.23. The number of aryl methyl sites for hydroxylation is 1. The molecule has 9 heteroatoms. The Hall–Kier alpha value is -2.65. The summed E-state index contributed by atoms with van der Waals surface area (Å²) in [4.78, 5) is 38.4. The molecule has 1 aromatic carbocycles. The molecule has 146 valence electrons. The van der Waals surface area contributed by atoms with Crippen LogP contribution in [0.4, 0.5) is 5.00 Å². The molecule has 0 atom stereocenters. The SMILES string of the molecule is COC(=O)c1c(NC(=O)C(=O)NN=Cc2ccc(SC)cc2)sc2c1CCC2. The van der Waals surface area contributed by atoms with Gasteiger partial charge in [-0.1, -0.05) is 12.1 Å². The second kappa shape index (κ2) is 9.03. The summed E-state index contributed by atoms with van der Waals surface area (Å²) in [5, 5.41) is 6.65. The van der Waals surface area contributed by atoms with Crippen LogP contribution >= 0.6 is 23.1 Å². The highest BCUT2D eigenvalue weighted by Gasteiger charge is 2.29. The number of nitrogens with one attached hydrogen (secondary N) is 2. The second-order valence-corrected chi connectivity index (χ2v) is 7.96. The van der Waals surface area contributed by atoms with E-state index < -0.39 is 17.8 Å². The first-order valence-corrected chi connectivity index (χ1v) is 10.6. The lowest BCUT2D eigenvalue weighted by Crippen LogP contribution is -2.32. The standard InChI is InChI=1S/C19H19N3O4S2/c1-26-19(25)15-13-4-3-5-14(13)28-18(15)21-16(23)17(24)22-20-10-11-6-8-12(27-2)9-7-11/h6-10H,3-5H2,1-2H3,(H,21,23)(H,22,24). The van der Waals surface area contributed by atoms with E-state index in [0.717, 1.165) is 40.2 Å². The van der Waals surface area contributed by atoms with Gasteiger partial charge in [-0.25, -0.2) is 10.2 Å². The number of esters is 1. The highest BCUT2D eigenvalue weighted by atomic mass is 32.2. The average molecular weight is 418 g/mol. The van der Waals surface area contributed by atoms with Crippen LogP contribution < -0.4 is 10.7 Å². The fourth-order valence-corrected chi connectivity index (χ4v) is 4.56. The van der Waals surface area contributed by atoms with Crippen LogP contribution in [-0.2, 0) is 27.2 Å². The highest BCUT2D eigenvalue weighted by Crippen LogP contribution is 2.39. The van der Waals surface area contributed by atoms with Crippen molar-refractivity contribution in [2.75, 3.05) is 18.7 Å². The third kappa shape index (κ3) is 4.42. The number of thioether (sulfide) groups is 1. The van der Waals surface area contributed by atoms with E-state index in [2.05, 4.69) is 15.8 Å². The van der Waals surface area contributed by atoms with Crippen molar-refractivity contribution in [3.63, 3.8) is 0 Å². The Morgan fingerprint density at radius 2 is 1.93 bits per heavy atom. The number of benzene rings is 1. The van der Waals surface area contributed by atoms with Crippen molar-refractivity contribution in [1.29, 1.82) is 0 Å². The van der Waals surface area contributed by atoms with Gasteiger partial charge in [0, 0.05) is 9.77 Å². The maximum absolute atomic E-state index is 12.2.